The second-order valence-corrected chi connectivity index (χ2v) is 11.4. The van der Waals surface area contributed by atoms with Crippen LogP contribution in [0, 0.1) is 11.8 Å². The molecule has 2 aliphatic heterocycles. The number of imide groups is 1. The molecule has 3 N–H and O–H groups in total. The Hall–Kier alpha value is -3.23. The van der Waals surface area contributed by atoms with Crippen LogP contribution >= 0.6 is 0 Å². The molecule has 204 valence electrons. The van der Waals surface area contributed by atoms with Gasteiger partial charge in [0.25, 0.3) is 5.91 Å². The SMILES string of the molecule is O=C1CCC(N2Cc3cc(CNC(=O)[C@H](CC4CCCCC4)NC(=O)C4CCCC4)ccc3C2=O)C(=O)N1. The molecule has 38 heavy (non-hydrogen) atoms. The third-order valence-electron chi connectivity index (χ3n) is 8.71. The molecule has 1 saturated heterocycles. The van der Waals surface area contributed by atoms with Gasteiger partial charge >= 0.3 is 0 Å². The predicted molar refractivity (Wildman–Crippen MR) is 139 cm³/mol. The molecule has 0 spiro atoms. The number of fused-ring (bicyclic) bond motifs is 1. The van der Waals surface area contributed by atoms with E-state index in [1.165, 1.54) is 24.2 Å². The van der Waals surface area contributed by atoms with Gasteiger partial charge in [-0.2, -0.15) is 0 Å². The van der Waals surface area contributed by atoms with Crippen molar-refractivity contribution in [2.45, 2.75) is 102 Å². The highest BCUT2D eigenvalue weighted by Crippen LogP contribution is 2.30. The van der Waals surface area contributed by atoms with Gasteiger partial charge in [0, 0.05) is 31.0 Å². The minimum atomic E-state index is -0.653. The summed E-state index contributed by atoms with van der Waals surface area (Å²) in [4.78, 5) is 64.4. The Labute approximate surface area is 223 Å². The van der Waals surface area contributed by atoms with Crippen molar-refractivity contribution >= 4 is 29.5 Å². The van der Waals surface area contributed by atoms with Gasteiger partial charge in [0.05, 0.1) is 0 Å². The zero-order chi connectivity index (χ0) is 26.6. The number of hydrogen-bond acceptors (Lipinski definition) is 5. The summed E-state index contributed by atoms with van der Waals surface area (Å²) >= 11 is 0. The smallest absolute Gasteiger partial charge is 0.255 e. The maximum absolute atomic E-state index is 13.3. The highest BCUT2D eigenvalue weighted by molar-refractivity contribution is 6.05. The Bertz CT molecular complexity index is 1110. The molecule has 5 rings (SSSR count). The molecular weight excluding hydrogens is 484 g/mol. The molecule has 0 radical (unpaired) electrons. The van der Waals surface area contributed by atoms with E-state index in [0.717, 1.165) is 49.7 Å². The minimum absolute atomic E-state index is 0.00282. The fourth-order valence-corrected chi connectivity index (χ4v) is 6.52. The van der Waals surface area contributed by atoms with Crippen molar-refractivity contribution in [3.05, 3.63) is 34.9 Å². The van der Waals surface area contributed by atoms with Gasteiger partial charge in [0.1, 0.15) is 12.1 Å². The first-order valence-corrected chi connectivity index (χ1v) is 14.2. The van der Waals surface area contributed by atoms with Gasteiger partial charge in [-0.15, -0.1) is 0 Å². The van der Waals surface area contributed by atoms with Crippen molar-refractivity contribution in [3.8, 4) is 0 Å². The van der Waals surface area contributed by atoms with E-state index in [9.17, 15) is 24.0 Å². The van der Waals surface area contributed by atoms with E-state index in [1.807, 2.05) is 12.1 Å². The average molecular weight is 523 g/mol. The summed E-state index contributed by atoms with van der Waals surface area (Å²) in [6.07, 6.45) is 10.9. The molecule has 3 fully saturated rings. The van der Waals surface area contributed by atoms with Crippen molar-refractivity contribution in [1.29, 1.82) is 0 Å². The Morgan fingerprint density at radius 2 is 1.71 bits per heavy atom. The van der Waals surface area contributed by atoms with Gasteiger partial charge in [0.2, 0.25) is 23.6 Å². The van der Waals surface area contributed by atoms with Crippen LogP contribution in [-0.2, 0) is 32.3 Å². The lowest BCUT2D eigenvalue weighted by Gasteiger charge is -2.29. The van der Waals surface area contributed by atoms with Gasteiger partial charge in [-0.3, -0.25) is 29.3 Å². The quantitative estimate of drug-likeness (QED) is 0.453. The van der Waals surface area contributed by atoms with Crippen LogP contribution in [0.25, 0.3) is 0 Å². The number of hydrogen-bond donors (Lipinski definition) is 3. The second kappa shape index (κ2) is 11.7. The molecule has 1 unspecified atom stereocenters. The molecule has 0 aromatic heterocycles. The number of piperidine rings is 1. The first-order chi connectivity index (χ1) is 18.4. The minimum Gasteiger partial charge on any atom is -0.350 e. The number of carbonyl (C=O) groups is 5. The van der Waals surface area contributed by atoms with E-state index in [2.05, 4.69) is 16.0 Å². The van der Waals surface area contributed by atoms with Crippen molar-refractivity contribution in [2.24, 2.45) is 11.8 Å². The van der Waals surface area contributed by atoms with Crippen LogP contribution in [0.4, 0.5) is 0 Å². The molecule has 9 nitrogen and oxygen atoms in total. The normalized spacial score (nSPS) is 23.2. The third kappa shape index (κ3) is 5.92. The summed E-state index contributed by atoms with van der Waals surface area (Å²) in [5.74, 6) is -0.655. The topological polar surface area (TPSA) is 125 Å². The van der Waals surface area contributed by atoms with Gasteiger partial charge in [-0.25, -0.2) is 0 Å². The molecule has 1 aromatic carbocycles. The Morgan fingerprint density at radius 3 is 2.45 bits per heavy atom. The molecular formula is C29H38N4O5. The van der Waals surface area contributed by atoms with E-state index < -0.39 is 18.0 Å². The number of rotatable bonds is 8. The van der Waals surface area contributed by atoms with Gasteiger partial charge in [0.15, 0.2) is 0 Å². The number of benzene rings is 1. The maximum atomic E-state index is 13.3. The van der Waals surface area contributed by atoms with Crippen molar-refractivity contribution < 1.29 is 24.0 Å². The van der Waals surface area contributed by atoms with Crippen molar-refractivity contribution in [1.82, 2.24) is 20.9 Å². The lowest BCUT2D eigenvalue weighted by Crippen LogP contribution is -2.52. The third-order valence-corrected chi connectivity index (χ3v) is 8.71. The molecule has 5 amide bonds. The molecule has 4 aliphatic rings. The lowest BCUT2D eigenvalue weighted by molar-refractivity contribution is -0.137. The van der Waals surface area contributed by atoms with E-state index in [4.69, 9.17) is 0 Å². The highest BCUT2D eigenvalue weighted by atomic mass is 16.2. The molecule has 9 heteroatoms. The highest BCUT2D eigenvalue weighted by Gasteiger charge is 2.39. The first kappa shape index (κ1) is 26.4. The van der Waals surface area contributed by atoms with E-state index >= 15 is 0 Å². The summed E-state index contributed by atoms with van der Waals surface area (Å²) in [6.45, 7) is 0.586. The number of nitrogens with one attached hydrogen (secondary N) is 3. The maximum Gasteiger partial charge on any atom is 0.255 e. The second-order valence-electron chi connectivity index (χ2n) is 11.4. The van der Waals surface area contributed by atoms with Crippen LogP contribution in [-0.4, -0.2) is 46.5 Å². The average Bonchev–Trinajstić information content (AvgIpc) is 3.56. The summed E-state index contributed by atoms with van der Waals surface area (Å²) < 4.78 is 0. The van der Waals surface area contributed by atoms with Crippen LogP contribution in [0.5, 0.6) is 0 Å². The molecule has 2 atom stereocenters. The fraction of sp³-hybridized carbons (Fsp3) is 0.621. The van der Waals surface area contributed by atoms with Gasteiger partial charge in [-0.1, -0.05) is 57.1 Å². The van der Waals surface area contributed by atoms with Gasteiger partial charge in [-0.05, 0) is 48.8 Å². The first-order valence-electron chi connectivity index (χ1n) is 14.2. The lowest BCUT2D eigenvalue weighted by atomic mass is 9.84. The van der Waals surface area contributed by atoms with Crippen LogP contribution in [0.2, 0.25) is 0 Å². The summed E-state index contributed by atoms with van der Waals surface area (Å²) in [5.41, 5.74) is 2.21. The molecule has 0 bridgehead atoms. The standard InChI is InChI=1S/C29H38N4O5/c34-25-13-12-24(28(37)32-25)33-17-21-14-19(10-11-22(21)29(33)38)16-30-27(36)23(15-18-6-2-1-3-7-18)31-26(35)20-8-4-5-9-20/h10-11,14,18,20,23-24H,1-9,12-13,15-17H2,(H,30,36)(H,31,35)(H,32,34,37)/t23-,24?/m0/s1. The summed E-state index contributed by atoms with van der Waals surface area (Å²) in [5, 5.41) is 8.41. The molecule has 2 heterocycles. The van der Waals surface area contributed by atoms with E-state index in [0.29, 0.717) is 37.4 Å². The molecule has 2 saturated carbocycles. The van der Waals surface area contributed by atoms with Crippen LogP contribution in [0.15, 0.2) is 18.2 Å². The van der Waals surface area contributed by atoms with Crippen LogP contribution in [0.3, 0.4) is 0 Å². The molecule has 2 aliphatic carbocycles. The van der Waals surface area contributed by atoms with Crippen molar-refractivity contribution in [2.75, 3.05) is 0 Å². The Balaban J connectivity index is 1.21. The van der Waals surface area contributed by atoms with Crippen LogP contribution in [0.1, 0.15) is 98.5 Å². The number of nitrogens with zero attached hydrogens (tertiary/aromatic N) is 1. The van der Waals surface area contributed by atoms with Crippen molar-refractivity contribution in [3.63, 3.8) is 0 Å². The number of amides is 5. The summed E-state index contributed by atoms with van der Waals surface area (Å²) in [6, 6.07) is 4.27. The zero-order valence-electron chi connectivity index (χ0n) is 21.9. The number of carbonyl (C=O) groups excluding carboxylic acids is 5. The van der Waals surface area contributed by atoms with E-state index in [-0.39, 0.29) is 36.0 Å². The van der Waals surface area contributed by atoms with E-state index in [1.54, 1.807) is 6.07 Å². The largest absolute Gasteiger partial charge is 0.350 e. The molecule has 1 aromatic rings. The zero-order valence-corrected chi connectivity index (χ0v) is 21.9. The fourth-order valence-electron chi connectivity index (χ4n) is 6.52. The van der Waals surface area contributed by atoms with Gasteiger partial charge < -0.3 is 15.5 Å². The van der Waals surface area contributed by atoms with Crippen LogP contribution < -0.4 is 16.0 Å². The Kier molecular flexibility index (Phi) is 8.09. The summed E-state index contributed by atoms with van der Waals surface area (Å²) in [7, 11) is 0. The Morgan fingerprint density at radius 1 is 0.974 bits per heavy atom. The monoisotopic (exact) mass is 522 g/mol. The predicted octanol–water partition coefficient (Wildman–Crippen LogP) is 2.71.